The lowest BCUT2D eigenvalue weighted by atomic mass is 10.1. The standard InChI is InChI=1S/C10H9N3.2ClH/c11-10-4-9(6-13-7-10)8-2-1-3-12-5-8;;/h1-7H,11H2;2*1H. The summed E-state index contributed by atoms with van der Waals surface area (Å²) in [6.45, 7) is 0. The van der Waals surface area contributed by atoms with Crippen molar-refractivity contribution in [3.63, 3.8) is 0 Å². The van der Waals surface area contributed by atoms with Crippen molar-refractivity contribution in [2.45, 2.75) is 0 Å². The van der Waals surface area contributed by atoms with Crippen LogP contribution in [0.1, 0.15) is 0 Å². The maximum atomic E-state index is 5.61. The number of nitrogens with two attached hydrogens (primary N) is 1. The average Bonchev–Trinajstić information content (AvgIpc) is 2.19. The van der Waals surface area contributed by atoms with Gasteiger partial charge in [-0.3, -0.25) is 9.97 Å². The lowest BCUT2D eigenvalue weighted by Crippen LogP contribution is -1.87. The molecule has 3 nitrogen and oxygen atoms in total. The van der Waals surface area contributed by atoms with Gasteiger partial charge in [-0.25, -0.2) is 0 Å². The number of nitrogens with zero attached hydrogens (tertiary/aromatic N) is 2. The number of rotatable bonds is 1. The second-order valence-corrected chi connectivity index (χ2v) is 2.75. The van der Waals surface area contributed by atoms with E-state index in [2.05, 4.69) is 9.97 Å². The monoisotopic (exact) mass is 243 g/mol. The van der Waals surface area contributed by atoms with Crippen LogP contribution in [0.5, 0.6) is 0 Å². The summed E-state index contributed by atoms with van der Waals surface area (Å²) in [5.41, 5.74) is 8.30. The van der Waals surface area contributed by atoms with Crippen molar-refractivity contribution in [1.29, 1.82) is 0 Å². The van der Waals surface area contributed by atoms with Gasteiger partial charge in [-0.2, -0.15) is 0 Å². The van der Waals surface area contributed by atoms with Gasteiger partial charge >= 0.3 is 0 Å². The highest BCUT2D eigenvalue weighted by Gasteiger charge is 1.96. The highest BCUT2D eigenvalue weighted by atomic mass is 35.5. The summed E-state index contributed by atoms with van der Waals surface area (Å²) in [5.74, 6) is 0. The van der Waals surface area contributed by atoms with Crippen LogP contribution in [0, 0.1) is 0 Å². The fraction of sp³-hybridized carbons (Fsp3) is 0. The van der Waals surface area contributed by atoms with Crippen LogP contribution in [-0.4, -0.2) is 9.97 Å². The maximum Gasteiger partial charge on any atom is 0.0506 e. The Morgan fingerprint density at radius 1 is 0.933 bits per heavy atom. The molecule has 0 saturated carbocycles. The Hall–Kier alpha value is -1.32. The van der Waals surface area contributed by atoms with Crippen LogP contribution in [0.3, 0.4) is 0 Å². The zero-order valence-electron chi connectivity index (χ0n) is 7.83. The van der Waals surface area contributed by atoms with Crippen LogP contribution in [0.25, 0.3) is 11.1 Å². The molecule has 15 heavy (non-hydrogen) atoms. The van der Waals surface area contributed by atoms with Crippen LogP contribution < -0.4 is 5.73 Å². The van der Waals surface area contributed by atoms with Crippen molar-refractivity contribution in [3.8, 4) is 11.1 Å². The molecule has 0 amide bonds. The van der Waals surface area contributed by atoms with Gasteiger partial charge in [0.25, 0.3) is 0 Å². The van der Waals surface area contributed by atoms with E-state index in [0.29, 0.717) is 5.69 Å². The molecule has 2 rings (SSSR count). The normalized spacial score (nSPS) is 8.53. The van der Waals surface area contributed by atoms with Gasteiger partial charge in [0.05, 0.1) is 5.69 Å². The van der Waals surface area contributed by atoms with Gasteiger partial charge < -0.3 is 5.73 Å². The molecule has 0 bridgehead atoms. The minimum atomic E-state index is 0. The third-order valence-electron chi connectivity index (χ3n) is 1.75. The second-order valence-electron chi connectivity index (χ2n) is 2.75. The van der Waals surface area contributed by atoms with E-state index in [0.717, 1.165) is 11.1 Å². The molecule has 0 saturated heterocycles. The predicted octanol–water partition coefficient (Wildman–Crippen LogP) is 2.57. The molecule has 0 aliphatic rings. The number of nitrogen functional groups attached to an aromatic ring is 1. The molecule has 2 N–H and O–H groups in total. The zero-order valence-corrected chi connectivity index (χ0v) is 9.46. The lowest BCUT2D eigenvalue weighted by Gasteiger charge is -2.00. The van der Waals surface area contributed by atoms with E-state index in [4.69, 9.17) is 5.73 Å². The minimum Gasteiger partial charge on any atom is -0.397 e. The van der Waals surface area contributed by atoms with Gasteiger partial charge in [-0.15, -0.1) is 24.8 Å². The molecule has 0 radical (unpaired) electrons. The third kappa shape index (κ3) is 3.38. The molecule has 0 aromatic carbocycles. The Balaban J connectivity index is 0.000000980. The number of aromatic nitrogens is 2. The number of hydrogen-bond donors (Lipinski definition) is 1. The number of halogens is 2. The maximum absolute atomic E-state index is 5.61. The van der Waals surface area contributed by atoms with Crippen molar-refractivity contribution in [1.82, 2.24) is 9.97 Å². The van der Waals surface area contributed by atoms with Crippen LogP contribution in [0.15, 0.2) is 43.0 Å². The zero-order chi connectivity index (χ0) is 9.10. The molecule has 0 fully saturated rings. The molecule has 0 aliphatic carbocycles. The Kier molecular flexibility index (Phi) is 5.67. The van der Waals surface area contributed by atoms with E-state index in [1.165, 1.54) is 0 Å². The van der Waals surface area contributed by atoms with E-state index < -0.39 is 0 Å². The van der Waals surface area contributed by atoms with Gasteiger partial charge in [0.2, 0.25) is 0 Å². The predicted molar refractivity (Wildman–Crippen MR) is 66.4 cm³/mol. The summed E-state index contributed by atoms with van der Waals surface area (Å²) >= 11 is 0. The molecule has 5 heteroatoms. The van der Waals surface area contributed by atoms with Crippen molar-refractivity contribution in [2.75, 3.05) is 5.73 Å². The SMILES string of the molecule is Cl.Cl.Nc1cncc(-c2cccnc2)c1. The first-order valence-corrected chi connectivity index (χ1v) is 3.97. The van der Waals surface area contributed by atoms with Crippen molar-refractivity contribution >= 4 is 30.5 Å². The number of pyridine rings is 2. The van der Waals surface area contributed by atoms with E-state index in [1.54, 1.807) is 24.8 Å². The Morgan fingerprint density at radius 2 is 1.67 bits per heavy atom. The molecule has 0 spiro atoms. The van der Waals surface area contributed by atoms with E-state index in [1.807, 2.05) is 18.2 Å². The van der Waals surface area contributed by atoms with Crippen molar-refractivity contribution in [3.05, 3.63) is 43.0 Å². The van der Waals surface area contributed by atoms with Gasteiger partial charge in [-0.1, -0.05) is 6.07 Å². The first kappa shape index (κ1) is 13.7. The van der Waals surface area contributed by atoms with Gasteiger partial charge in [0, 0.05) is 35.9 Å². The minimum absolute atomic E-state index is 0. The first-order chi connectivity index (χ1) is 6.36. The summed E-state index contributed by atoms with van der Waals surface area (Å²) in [7, 11) is 0. The summed E-state index contributed by atoms with van der Waals surface area (Å²) in [6.07, 6.45) is 6.92. The summed E-state index contributed by atoms with van der Waals surface area (Å²) < 4.78 is 0. The van der Waals surface area contributed by atoms with Crippen LogP contribution in [0.4, 0.5) is 5.69 Å². The quantitative estimate of drug-likeness (QED) is 0.838. The van der Waals surface area contributed by atoms with Crippen LogP contribution in [0.2, 0.25) is 0 Å². The summed E-state index contributed by atoms with van der Waals surface area (Å²) in [6, 6.07) is 5.74. The smallest absolute Gasteiger partial charge is 0.0506 e. The summed E-state index contributed by atoms with van der Waals surface area (Å²) in [4.78, 5) is 8.03. The molecule has 2 heterocycles. The van der Waals surface area contributed by atoms with Crippen LogP contribution >= 0.6 is 24.8 Å². The number of hydrogen-bond acceptors (Lipinski definition) is 3. The Labute approximate surface area is 101 Å². The highest BCUT2D eigenvalue weighted by molar-refractivity contribution is 5.85. The lowest BCUT2D eigenvalue weighted by molar-refractivity contribution is 1.30. The molecular formula is C10H11Cl2N3. The van der Waals surface area contributed by atoms with E-state index in [-0.39, 0.29) is 24.8 Å². The topological polar surface area (TPSA) is 51.8 Å². The highest BCUT2D eigenvalue weighted by Crippen LogP contribution is 2.18. The first-order valence-electron chi connectivity index (χ1n) is 3.97. The second kappa shape index (κ2) is 6.22. The summed E-state index contributed by atoms with van der Waals surface area (Å²) in [5, 5.41) is 0. The van der Waals surface area contributed by atoms with Gasteiger partial charge in [-0.05, 0) is 12.1 Å². The Morgan fingerprint density at radius 3 is 2.27 bits per heavy atom. The molecule has 2 aromatic rings. The molecule has 0 unspecified atom stereocenters. The van der Waals surface area contributed by atoms with E-state index in [9.17, 15) is 0 Å². The third-order valence-corrected chi connectivity index (χ3v) is 1.75. The van der Waals surface area contributed by atoms with Crippen LogP contribution in [-0.2, 0) is 0 Å². The molecular weight excluding hydrogens is 233 g/mol. The largest absolute Gasteiger partial charge is 0.397 e. The Bertz CT molecular complexity index is 406. The van der Waals surface area contributed by atoms with Gasteiger partial charge in [0.15, 0.2) is 0 Å². The molecule has 80 valence electrons. The molecule has 0 aliphatic heterocycles. The number of anilines is 1. The fourth-order valence-electron chi connectivity index (χ4n) is 1.15. The molecule has 0 atom stereocenters. The van der Waals surface area contributed by atoms with Crippen molar-refractivity contribution < 1.29 is 0 Å². The van der Waals surface area contributed by atoms with Gasteiger partial charge in [0.1, 0.15) is 0 Å². The van der Waals surface area contributed by atoms with E-state index >= 15 is 0 Å². The fourth-order valence-corrected chi connectivity index (χ4v) is 1.15. The van der Waals surface area contributed by atoms with Crippen molar-refractivity contribution in [2.24, 2.45) is 0 Å². The average molecular weight is 244 g/mol. The molecule has 2 aromatic heterocycles.